The Labute approximate surface area is 152 Å². The Hall–Kier alpha value is -3.55. The smallest absolute Gasteiger partial charge is 0.278 e. The van der Waals surface area contributed by atoms with Gasteiger partial charge in [-0.1, -0.05) is 12.1 Å². The summed E-state index contributed by atoms with van der Waals surface area (Å²) >= 11 is 0. The molecule has 1 amide bonds. The lowest BCUT2D eigenvalue weighted by Gasteiger charge is -2.08. The molecule has 8 heteroatoms. The number of nitrogens with zero attached hydrogens (tertiary/aromatic N) is 3. The fraction of sp³-hybridized carbons (Fsp3) is 0.105. The Bertz CT molecular complexity index is 1100. The van der Waals surface area contributed by atoms with Crippen molar-refractivity contribution < 1.29 is 18.0 Å². The van der Waals surface area contributed by atoms with Crippen LogP contribution in [0.2, 0.25) is 0 Å². The topological polar surface area (TPSA) is 72.4 Å². The molecule has 3 heterocycles. The van der Waals surface area contributed by atoms with Crippen molar-refractivity contribution in [2.75, 3.05) is 5.32 Å². The molecule has 0 spiro atoms. The summed E-state index contributed by atoms with van der Waals surface area (Å²) in [7, 11) is 0. The molecule has 3 aromatic heterocycles. The van der Waals surface area contributed by atoms with Crippen LogP contribution in [-0.2, 0) is 0 Å². The highest BCUT2D eigenvalue weighted by atomic mass is 19.3. The molecular formula is C19H14F2N4O2. The number of aromatic nitrogens is 3. The molecule has 4 rings (SSSR count). The molecule has 0 aliphatic rings. The summed E-state index contributed by atoms with van der Waals surface area (Å²) in [4.78, 5) is 20.9. The van der Waals surface area contributed by atoms with Crippen molar-refractivity contribution in [2.24, 2.45) is 0 Å². The molecular weight excluding hydrogens is 354 g/mol. The molecule has 0 radical (unpaired) electrons. The van der Waals surface area contributed by atoms with E-state index in [0.29, 0.717) is 17.1 Å². The minimum absolute atomic E-state index is 0.196. The summed E-state index contributed by atoms with van der Waals surface area (Å²) in [5, 5.41) is 2.75. The van der Waals surface area contributed by atoms with Crippen LogP contribution in [0.1, 0.15) is 28.2 Å². The first-order valence-electron chi connectivity index (χ1n) is 8.09. The average molecular weight is 368 g/mol. The Morgan fingerprint density at radius 2 is 2.00 bits per heavy atom. The van der Waals surface area contributed by atoms with Crippen molar-refractivity contribution in [3.05, 3.63) is 72.2 Å². The van der Waals surface area contributed by atoms with Gasteiger partial charge in [0.2, 0.25) is 0 Å². The molecule has 0 aliphatic heterocycles. The monoisotopic (exact) mass is 368 g/mol. The molecule has 0 unspecified atom stereocenters. The van der Waals surface area contributed by atoms with E-state index in [-0.39, 0.29) is 16.9 Å². The van der Waals surface area contributed by atoms with E-state index in [1.54, 1.807) is 31.2 Å². The number of amides is 1. The molecule has 4 aromatic rings. The molecule has 1 aromatic carbocycles. The van der Waals surface area contributed by atoms with Crippen LogP contribution in [0.15, 0.2) is 59.7 Å². The number of aryl methyl sites for hydroxylation is 1. The van der Waals surface area contributed by atoms with Crippen molar-refractivity contribution in [1.82, 2.24) is 14.4 Å². The lowest BCUT2D eigenvalue weighted by Crippen LogP contribution is -2.12. The van der Waals surface area contributed by atoms with Gasteiger partial charge in [0.15, 0.2) is 6.39 Å². The van der Waals surface area contributed by atoms with Gasteiger partial charge in [-0.05, 0) is 31.2 Å². The average Bonchev–Trinajstić information content (AvgIpc) is 3.31. The Balaban J connectivity index is 1.62. The second-order valence-electron chi connectivity index (χ2n) is 5.95. The summed E-state index contributed by atoms with van der Waals surface area (Å²) in [6, 6.07) is 9.83. The van der Waals surface area contributed by atoms with Crippen molar-refractivity contribution in [1.29, 1.82) is 0 Å². The van der Waals surface area contributed by atoms with Crippen LogP contribution in [0.5, 0.6) is 0 Å². The number of benzene rings is 1. The first-order valence-corrected chi connectivity index (χ1v) is 8.09. The standard InChI is InChI=1S/C19H14F2N4O2/c1-11-8-16(17(20)21)25-7-6-14(18(25)23-11)19(26)24-13-4-2-12(3-5-13)15-9-27-10-22-15/h2-10,17H,1H3,(H,24,26). The third-order valence-corrected chi connectivity index (χ3v) is 4.12. The zero-order valence-corrected chi connectivity index (χ0v) is 14.2. The van der Waals surface area contributed by atoms with Crippen LogP contribution in [0.4, 0.5) is 14.5 Å². The van der Waals surface area contributed by atoms with Crippen molar-refractivity contribution in [3.63, 3.8) is 0 Å². The van der Waals surface area contributed by atoms with Gasteiger partial charge in [-0.15, -0.1) is 0 Å². The highest BCUT2D eigenvalue weighted by molar-refractivity contribution is 6.08. The van der Waals surface area contributed by atoms with Crippen LogP contribution in [-0.4, -0.2) is 20.3 Å². The van der Waals surface area contributed by atoms with E-state index in [9.17, 15) is 13.6 Å². The maximum Gasteiger partial charge on any atom is 0.278 e. The van der Waals surface area contributed by atoms with Crippen molar-refractivity contribution in [3.8, 4) is 11.3 Å². The second kappa shape index (κ2) is 6.64. The second-order valence-corrected chi connectivity index (χ2v) is 5.95. The molecule has 27 heavy (non-hydrogen) atoms. The van der Waals surface area contributed by atoms with E-state index in [4.69, 9.17) is 4.42 Å². The number of hydrogen-bond donors (Lipinski definition) is 1. The summed E-state index contributed by atoms with van der Waals surface area (Å²) in [5.74, 6) is -0.426. The van der Waals surface area contributed by atoms with Gasteiger partial charge in [0, 0.05) is 23.1 Å². The van der Waals surface area contributed by atoms with Gasteiger partial charge in [0.1, 0.15) is 17.6 Å². The third-order valence-electron chi connectivity index (χ3n) is 4.12. The zero-order chi connectivity index (χ0) is 19.0. The number of hydrogen-bond acceptors (Lipinski definition) is 4. The number of carbonyl (C=O) groups is 1. The highest BCUT2D eigenvalue weighted by Gasteiger charge is 2.19. The number of nitrogens with one attached hydrogen (secondary N) is 1. The van der Waals surface area contributed by atoms with Gasteiger partial charge in [0.25, 0.3) is 12.3 Å². The summed E-state index contributed by atoms with van der Waals surface area (Å²) in [6.07, 6.45) is 1.62. The third kappa shape index (κ3) is 3.17. The highest BCUT2D eigenvalue weighted by Crippen LogP contribution is 2.24. The first kappa shape index (κ1) is 16.9. The molecule has 0 atom stereocenters. The van der Waals surface area contributed by atoms with Crippen LogP contribution >= 0.6 is 0 Å². The minimum Gasteiger partial charge on any atom is -0.451 e. The van der Waals surface area contributed by atoms with Crippen molar-refractivity contribution >= 4 is 17.2 Å². The Morgan fingerprint density at radius 3 is 2.67 bits per heavy atom. The zero-order valence-electron chi connectivity index (χ0n) is 14.2. The maximum atomic E-state index is 13.2. The fourth-order valence-corrected chi connectivity index (χ4v) is 2.85. The number of anilines is 1. The number of oxazole rings is 1. The Morgan fingerprint density at radius 1 is 1.22 bits per heavy atom. The first-order chi connectivity index (χ1) is 13.0. The number of carbonyl (C=O) groups excluding carboxylic acids is 1. The van der Waals surface area contributed by atoms with E-state index in [1.807, 2.05) is 0 Å². The number of alkyl halides is 2. The van der Waals surface area contributed by atoms with Gasteiger partial charge in [0.05, 0.1) is 11.3 Å². The summed E-state index contributed by atoms with van der Waals surface area (Å²) in [5.41, 5.74) is 2.73. The lowest BCUT2D eigenvalue weighted by molar-refractivity contribution is 0.102. The van der Waals surface area contributed by atoms with Gasteiger partial charge >= 0.3 is 0 Å². The minimum atomic E-state index is -2.67. The van der Waals surface area contributed by atoms with Gasteiger partial charge in [-0.25, -0.2) is 18.7 Å². The normalized spacial score (nSPS) is 11.3. The summed E-state index contributed by atoms with van der Waals surface area (Å²) in [6.45, 7) is 1.61. The maximum absolute atomic E-state index is 13.2. The molecule has 136 valence electrons. The van der Waals surface area contributed by atoms with E-state index in [2.05, 4.69) is 15.3 Å². The quantitative estimate of drug-likeness (QED) is 0.576. The van der Waals surface area contributed by atoms with E-state index < -0.39 is 12.3 Å². The van der Waals surface area contributed by atoms with Gasteiger partial charge in [-0.2, -0.15) is 0 Å². The van der Waals surface area contributed by atoms with Crippen LogP contribution in [0.25, 0.3) is 16.9 Å². The summed E-state index contributed by atoms with van der Waals surface area (Å²) < 4.78 is 32.6. The van der Waals surface area contributed by atoms with Crippen molar-refractivity contribution in [2.45, 2.75) is 13.3 Å². The predicted molar refractivity (Wildman–Crippen MR) is 94.8 cm³/mol. The molecule has 0 fully saturated rings. The van der Waals surface area contributed by atoms with Gasteiger partial charge in [-0.3, -0.25) is 9.20 Å². The number of rotatable bonds is 4. The predicted octanol–water partition coefficient (Wildman–Crippen LogP) is 4.49. The number of fused-ring (bicyclic) bond motifs is 1. The van der Waals surface area contributed by atoms with Crippen LogP contribution < -0.4 is 5.32 Å². The lowest BCUT2D eigenvalue weighted by atomic mass is 10.1. The molecule has 0 aliphatic carbocycles. The molecule has 0 saturated heterocycles. The molecule has 6 nitrogen and oxygen atoms in total. The van der Waals surface area contributed by atoms with Crippen LogP contribution in [0.3, 0.4) is 0 Å². The van der Waals surface area contributed by atoms with E-state index >= 15 is 0 Å². The molecule has 0 bridgehead atoms. The van der Waals surface area contributed by atoms with E-state index in [0.717, 1.165) is 5.56 Å². The molecule has 0 saturated carbocycles. The van der Waals surface area contributed by atoms with E-state index in [1.165, 1.54) is 35.4 Å². The van der Waals surface area contributed by atoms with Crippen LogP contribution in [0, 0.1) is 6.92 Å². The largest absolute Gasteiger partial charge is 0.451 e. The molecule has 1 N–H and O–H groups in total. The van der Waals surface area contributed by atoms with Gasteiger partial charge < -0.3 is 9.73 Å². The fourth-order valence-electron chi connectivity index (χ4n) is 2.85. The SMILES string of the molecule is Cc1cc(C(F)F)n2ccc(C(=O)Nc3ccc(-c4cocn4)cc3)c2n1. The Kier molecular flexibility index (Phi) is 4.15. The number of halogens is 2.